The van der Waals surface area contributed by atoms with Gasteiger partial charge in [0.25, 0.3) is 0 Å². The van der Waals surface area contributed by atoms with Gasteiger partial charge in [-0.15, -0.1) is 4.33 Å². The SMILES string of the molecule is OP(O)OCN(COP(O)O)Cc1ccc(OOS)cc1. The molecule has 0 heterocycles. The van der Waals surface area contributed by atoms with Gasteiger partial charge in [0.1, 0.15) is 13.5 Å². The molecule has 0 atom stereocenters. The zero-order chi connectivity index (χ0) is 15.7. The molecule has 0 fully saturated rings. The molecular formula is C9H15NO8P2S. The van der Waals surface area contributed by atoms with Gasteiger partial charge >= 0.3 is 17.2 Å². The van der Waals surface area contributed by atoms with E-state index in [0.29, 0.717) is 12.3 Å². The Morgan fingerprint density at radius 1 is 0.952 bits per heavy atom. The molecule has 0 amide bonds. The minimum Gasteiger partial charge on any atom is -0.328 e. The minimum absolute atomic E-state index is 0.153. The standard InChI is InChI=1S/C9H15NO8P2S/c11-19(12)15-6-10(7-16-20(13)14)5-8-1-3-9(4-2-8)17-18-21/h1-4,11-14,21H,5-7H2. The van der Waals surface area contributed by atoms with Crippen molar-refractivity contribution in [3.63, 3.8) is 0 Å². The monoisotopic (exact) mass is 359 g/mol. The van der Waals surface area contributed by atoms with Crippen LogP contribution < -0.4 is 4.89 Å². The zero-order valence-electron chi connectivity index (χ0n) is 10.6. The van der Waals surface area contributed by atoms with Gasteiger partial charge in [0.05, 0.1) is 0 Å². The molecule has 120 valence electrons. The van der Waals surface area contributed by atoms with Crippen molar-refractivity contribution in [2.45, 2.75) is 6.54 Å². The van der Waals surface area contributed by atoms with Crippen molar-refractivity contribution in [1.29, 1.82) is 0 Å². The number of hydrogen-bond donors (Lipinski definition) is 5. The lowest BCUT2D eigenvalue weighted by Crippen LogP contribution is -2.27. The fraction of sp³-hybridized carbons (Fsp3) is 0.333. The summed E-state index contributed by atoms with van der Waals surface area (Å²) in [6.45, 7) is 0.00805. The largest absolute Gasteiger partial charge is 0.328 e. The fourth-order valence-electron chi connectivity index (χ4n) is 1.35. The predicted molar refractivity (Wildman–Crippen MR) is 77.3 cm³/mol. The second-order valence-electron chi connectivity index (χ2n) is 3.65. The highest BCUT2D eigenvalue weighted by molar-refractivity contribution is 7.74. The highest BCUT2D eigenvalue weighted by Crippen LogP contribution is 2.27. The fourth-order valence-corrected chi connectivity index (χ4v) is 1.97. The number of benzene rings is 1. The van der Waals surface area contributed by atoms with Crippen molar-refractivity contribution in [3.8, 4) is 5.75 Å². The van der Waals surface area contributed by atoms with Gasteiger partial charge in [0.15, 0.2) is 5.75 Å². The van der Waals surface area contributed by atoms with Crippen LogP contribution in [0, 0.1) is 0 Å². The molecule has 1 rings (SSSR count). The average Bonchev–Trinajstić information content (AvgIpc) is 2.44. The first-order chi connectivity index (χ1) is 10.0. The van der Waals surface area contributed by atoms with Gasteiger partial charge < -0.3 is 24.5 Å². The molecule has 9 nitrogen and oxygen atoms in total. The molecule has 1 aromatic rings. The summed E-state index contributed by atoms with van der Waals surface area (Å²) in [6, 6.07) is 6.75. The van der Waals surface area contributed by atoms with Crippen LogP contribution in [0.1, 0.15) is 5.56 Å². The Labute approximate surface area is 129 Å². The van der Waals surface area contributed by atoms with Crippen molar-refractivity contribution >= 4 is 30.1 Å². The van der Waals surface area contributed by atoms with Crippen LogP contribution in [0.2, 0.25) is 0 Å². The smallest absolute Gasteiger partial charge is 0.328 e. The van der Waals surface area contributed by atoms with Gasteiger partial charge in [-0.3, -0.25) is 13.9 Å². The van der Waals surface area contributed by atoms with Gasteiger partial charge in [-0.25, -0.2) is 0 Å². The summed E-state index contributed by atoms with van der Waals surface area (Å²) in [5.74, 6) is 0.455. The number of hydrogen-bond acceptors (Lipinski definition) is 10. The average molecular weight is 359 g/mol. The summed E-state index contributed by atoms with van der Waals surface area (Å²) in [6.07, 6.45) is 0. The molecule has 21 heavy (non-hydrogen) atoms. The van der Waals surface area contributed by atoms with Gasteiger partial charge in [-0.1, -0.05) is 12.1 Å². The second kappa shape index (κ2) is 10.6. The molecule has 0 spiro atoms. The summed E-state index contributed by atoms with van der Waals surface area (Å²) >= 11 is 3.45. The molecule has 0 bridgehead atoms. The van der Waals surface area contributed by atoms with Gasteiger partial charge in [-0.05, 0) is 17.7 Å². The first kappa shape index (κ1) is 19.0. The van der Waals surface area contributed by atoms with Crippen molar-refractivity contribution in [1.82, 2.24) is 4.90 Å². The third-order valence-electron chi connectivity index (χ3n) is 2.17. The van der Waals surface area contributed by atoms with E-state index in [9.17, 15) is 0 Å². The Bertz CT molecular complexity index is 384. The zero-order valence-corrected chi connectivity index (χ0v) is 13.3. The molecule has 12 heteroatoms. The maximum absolute atomic E-state index is 8.74. The van der Waals surface area contributed by atoms with Crippen LogP contribution in [0.3, 0.4) is 0 Å². The van der Waals surface area contributed by atoms with Crippen LogP contribution in [-0.2, 0) is 19.9 Å². The van der Waals surface area contributed by atoms with E-state index in [1.165, 1.54) is 4.90 Å². The third kappa shape index (κ3) is 8.82. The summed E-state index contributed by atoms with van der Waals surface area (Å²) in [5, 5.41) is 0. The molecule has 0 saturated heterocycles. The van der Waals surface area contributed by atoms with E-state index < -0.39 is 17.2 Å². The maximum atomic E-state index is 8.74. The lowest BCUT2D eigenvalue weighted by molar-refractivity contribution is -0.0742. The van der Waals surface area contributed by atoms with Crippen LogP contribution in [0.4, 0.5) is 0 Å². The molecule has 0 unspecified atom stereocenters. The van der Waals surface area contributed by atoms with E-state index in [2.05, 4.69) is 26.3 Å². The van der Waals surface area contributed by atoms with Crippen molar-refractivity contribution < 1.29 is 37.8 Å². The highest BCUT2D eigenvalue weighted by atomic mass is 32.1. The molecular weight excluding hydrogens is 344 g/mol. The van der Waals surface area contributed by atoms with Gasteiger partial charge in [-0.2, -0.15) is 0 Å². The normalized spacial score (nSPS) is 11.6. The van der Waals surface area contributed by atoms with E-state index >= 15 is 0 Å². The molecule has 0 aliphatic carbocycles. The Kier molecular flexibility index (Phi) is 9.57. The number of thiol groups is 1. The van der Waals surface area contributed by atoms with Crippen molar-refractivity contribution in [2.75, 3.05) is 13.5 Å². The third-order valence-corrected chi connectivity index (χ3v) is 2.94. The molecule has 0 aliphatic heterocycles. The summed E-state index contributed by atoms with van der Waals surface area (Å²) in [5.41, 5.74) is 0.828. The Morgan fingerprint density at radius 2 is 1.48 bits per heavy atom. The van der Waals surface area contributed by atoms with Crippen LogP contribution >= 0.6 is 30.1 Å². The Balaban J connectivity index is 2.56. The number of rotatable bonds is 10. The summed E-state index contributed by atoms with van der Waals surface area (Å²) < 4.78 is 13.6. The summed E-state index contributed by atoms with van der Waals surface area (Å²) in [4.78, 5) is 41.1. The van der Waals surface area contributed by atoms with Gasteiger partial charge in [0.2, 0.25) is 0 Å². The van der Waals surface area contributed by atoms with E-state index in [-0.39, 0.29) is 13.5 Å². The van der Waals surface area contributed by atoms with Gasteiger partial charge in [0, 0.05) is 19.5 Å². The number of nitrogens with zero attached hydrogens (tertiary/aromatic N) is 1. The lowest BCUT2D eigenvalue weighted by Gasteiger charge is -2.22. The Morgan fingerprint density at radius 3 is 1.90 bits per heavy atom. The first-order valence-corrected chi connectivity index (χ1v) is 8.11. The molecule has 0 radical (unpaired) electrons. The van der Waals surface area contributed by atoms with Crippen molar-refractivity contribution in [2.24, 2.45) is 0 Å². The lowest BCUT2D eigenvalue weighted by atomic mass is 10.2. The maximum Gasteiger partial charge on any atom is 0.328 e. The molecule has 0 saturated carbocycles. The highest BCUT2D eigenvalue weighted by Gasteiger charge is 2.12. The second-order valence-corrected chi connectivity index (χ2v) is 5.33. The molecule has 4 N–H and O–H groups in total. The van der Waals surface area contributed by atoms with Crippen molar-refractivity contribution in [3.05, 3.63) is 29.8 Å². The topological polar surface area (TPSA) is 121 Å². The molecule has 0 aliphatic rings. The predicted octanol–water partition coefficient (Wildman–Crippen LogP) is 1.01. The van der Waals surface area contributed by atoms with E-state index in [4.69, 9.17) is 24.5 Å². The van der Waals surface area contributed by atoms with Crippen LogP contribution in [-0.4, -0.2) is 37.9 Å². The van der Waals surface area contributed by atoms with E-state index in [1.807, 2.05) is 0 Å². The molecule has 1 aromatic carbocycles. The molecule has 0 aromatic heterocycles. The van der Waals surface area contributed by atoms with E-state index in [1.54, 1.807) is 24.3 Å². The van der Waals surface area contributed by atoms with E-state index in [0.717, 1.165) is 5.56 Å². The first-order valence-electron chi connectivity index (χ1n) is 5.42. The van der Waals surface area contributed by atoms with Crippen LogP contribution in [0.5, 0.6) is 5.75 Å². The Hall–Kier alpha value is -0.0900. The van der Waals surface area contributed by atoms with Crippen LogP contribution in [0.25, 0.3) is 0 Å². The van der Waals surface area contributed by atoms with Crippen LogP contribution in [0.15, 0.2) is 24.3 Å². The minimum atomic E-state index is -2.51. The quantitative estimate of drug-likeness (QED) is 0.104. The summed E-state index contributed by atoms with van der Waals surface area (Å²) in [7, 11) is -5.01.